The van der Waals surface area contributed by atoms with E-state index in [9.17, 15) is 4.79 Å². The van der Waals surface area contributed by atoms with Crippen LogP contribution in [0.15, 0.2) is 33.5 Å². The van der Waals surface area contributed by atoms with E-state index in [4.69, 9.17) is 16.3 Å². The van der Waals surface area contributed by atoms with Crippen LogP contribution in [0.5, 0.6) is 0 Å². The largest absolute Gasteiger partial charge is 0.384 e. The molecule has 0 radical (unpaired) electrons. The van der Waals surface area contributed by atoms with Crippen LogP contribution in [-0.4, -0.2) is 4.98 Å². The van der Waals surface area contributed by atoms with Crippen molar-refractivity contribution in [2.75, 3.05) is 5.73 Å². The van der Waals surface area contributed by atoms with Crippen LogP contribution >= 0.6 is 15.9 Å². The van der Waals surface area contributed by atoms with Gasteiger partial charge < -0.3 is 10.7 Å². The lowest BCUT2D eigenvalue weighted by atomic mass is 9.97. The topological polar surface area (TPSA) is 106 Å². The Morgan fingerprint density at radius 3 is 2.21 bits per heavy atom. The summed E-state index contributed by atoms with van der Waals surface area (Å²) in [5.74, 6) is -0.0376. The van der Waals surface area contributed by atoms with Gasteiger partial charge in [-0.3, -0.25) is 4.79 Å². The van der Waals surface area contributed by atoms with Crippen molar-refractivity contribution in [1.29, 1.82) is 10.5 Å². The van der Waals surface area contributed by atoms with Crippen LogP contribution in [0, 0.1) is 22.7 Å². The number of aromatic amines is 1. The molecule has 5 nitrogen and oxygen atoms in total. The first-order chi connectivity index (χ1) is 9.08. The number of halogens is 1. The van der Waals surface area contributed by atoms with E-state index in [0.29, 0.717) is 5.56 Å². The van der Waals surface area contributed by atoms with E-state index in [0.717, 1.165) is 4.47 Å². The fourth-order valence-electron chi connectivity index (χ4n) is 1.75. The van der Waals surface area contributed by atoms with Crippen molar-refractivity contribution in [2.45, 2.75) is 0 Å². The van der Waals surface area contributed by atoms with E-state index in [1.807, 2.05) is 12.1 Å². The van der Waals surface area contributed by atoms with Crippen LogP contribution in [0.1, 0.15) is 11.1 Å². The number of pyridine rings is 1. The molecule has 6 heteroatoms. The van der Waals surface area contributed by atoms with E-state index in [-0.39, 0.29) is 22.5 Å². The highest BCUT2D eigenvalue weighted by molar-refractivity contribution is 9.10. The Labute approximate surface area is 117 Å². The molecule has 2 rings (SSSR count). The minimum absolute atomic E-state index is 0.0376. The van der Waals surface area contributed by atoms with Crippen LogP contribution in [0.4, 0.5) is 5.82 Å². The molecule has 0 aliphatic rings. The molecule has 1 heterocycles. The Balaban J connectivity index is 2.89. The lowest BCUT2D eigenvalue weighted by Gasteiger charge is -2.08. The number of nitrogens with two attached hydrogens (primary N) is 1. The Hall–Kier alpha value is -2.57. The van der Waals surface area contributed by atoms with Crippen LogP contribution in [0.2, 0.25) is 0 Å². The Kier molecular flexibility index (Phi) is 3.37. The Morgan fingerprint density at radius 1 is 1.11 bits per heavy atom. The summed E-state index contributed by atoms with van der Waals surface area (Å²) in [6.45, 7) is 0. The van der Waals surface area contributed by atoms with Gasteiger partial charge in [0.1, 0.15) is 29.1 Å². The van der Waals surface area contributed by atoms with Crippen LogP contribution in [-0.2, 0) is 0 Å². The molecule has 1 aromatic heterocycles. The average molecular weight is 315 g/mol. The maximum atomic E-state index is 11.7. The zero-order valence-electron chi connectivity index (χ0n) is 9.57. The number of nitrogens with one attached hydrogen (secondary N) is 1. The third-order valence-electron chi connectivity index (χ3n) is 2.60. The number of nitrogens with zero attached hydrogens (tertiary/aromatic N) is 2. The second kappa shape index (κ2) is 4.97. The third kappa shape index (κ3) is 2.22. The van der Waals surface area contributed by atoms with E-state index < -0.39 is 5.56 Å². The summed E-state index contributed by atoms with van der Waals surface area (Å²) in [5.41, 5.74) is 5.86. The zero-order chi connectivity index (χ0) is 14.0. The molecule has 0 fully saturated rings. The van der Waals surface area contributed by atoms with Crippen molar-refractivity contribution >= 4 is 21.7 Å². The van der Waals surface area contributed by atoms with Crippen molar-refractivity contribution in [2.24, 2.45) is 0 Å². The molecule has 3 N–H and O–H groups in total. The first kappa shape index (κ1) is 12.9. The number of H-pyrrole nitrogens is 1. The lowest BCUT2D eigenvalue weighted by molar-refractivity contribution is 1.21. The van der Waals surface area contributed by atoms with Gasteiger partial charge in [-0.25, -0.2) is 0 Å². The molecule has 0 aliphatic carbocycles. The molecule has 0 bridgehead atoms. The van der Waals surface area contributed by atoms with Gasteiger partial charge in [-0.05, 0) is 17.7 Å². The molecule has 92 valence electrons. The zero-order valence-corrected chi connectivity index (χ0v) is 11.2. The Bertz CT molecular complexity index is 779. The van der Waals surface area contributed by atoms with Gasteiger partial charge in [-0.2, -0.15) is 10.5 Å². The molecule has 0 unspecified atom stereocenters. The van der Waals surface area contributed by atoms with Crippen molar-refractivity contribution in [3.05, 3.63) is 50.2 Å². The third-order valence-corrected chi connectivity index (χ3v) is 3.13. The highest BCUT2D eigenvalue weighted by Gasteiger charge is 2.17. The number of nitriles is 2. The quantitative estimate of drug-likeness (QED) is 0.840. The molecule has 19 heavy (non-hydrogen) atoms. The normalized spacial score (nSPS) is 9.63. The Morgan fingerprint density at radius 2 is 1.68 bits per heavy atom. The van der Waals surface area contributed by atoms with Crippen molar-refractivity contribution in [3.8, 4) is 23.3 Å². The predicted octanol–water partition coefficient (Wildman–Crippen LogP) is 2.13. The number of rotatable bonds is 1. The maximum absolute atomic E-state index is 11.7. The standard InChI is InChI=1S/C13H7BrN4O/c14-8-3-1-7(2-4-8)11-9(5-15)12(17)18-13(19)10(11)6-16/h1-4H,(H3,17,18,19). The van der Waals surface area contributed by atoms with Crippen molar-refractivity contribution in [1.82, 2.24) is 4.98 Å². The summed E-state index contributed by atoms with van der Waals surface area (Å²) in [6, 6.07) is 10.7. The van der Waals surface area contributed by atoms with E-state index in [1.54, 1.807) is 24.3 Å². The summed E-state index contributed by atoms with van der Waals surface area (Å²) < 4.78 is 0.853. The smallest absolute Gasteiger partial charge is 0.268 e. The SMILES string of the molecule is N#Cc1c(N)[nH]c(=O)c(C#N)c1-c1ccc(Br)cc1. The van der Waals surface area contributed by atoms with Gasteiger partial charge >= 0.3 is 0 Å². The molecule has 0 aliphatic heterocycles. The highest BCUT2D eigenvalue weighted by Crippen LogP contribution is 2.28. The minimum Gasteiger partial charge on any atom is -0.384 e. The number of nitrogen functional groups attached to an aromatic ring is 1. The van der Waals surface area contributed by atoms with Crippen LogP contribution in [0.25, 0.3) is 11.1 Å². The van der Waals surface area contributed by atoms with Gasteiger partial charge in [0.2, 0.25) is 0 Å². The van der Waals surface area contributed by atoms with Crippen LogP contribution < -0.4 is 11.3 Å². The van der Waals surface area contributed by atoms with Crippen molar-refractivity contribution < 1.29 is 0 Å². The van der Waals surface area contributed by atoms with Crippen LogP contribution in [0.3, 0.4) is 0 Å². The molecule has 0 atom stereocenters. The van der Waals surface area contributed by atoms with Gasteiger partial charge in [-0.1, -0.05) is 28.1 Å². The first-order valence-corrected chi connectivity index (χ1v) is 5.99. The molecule has 0 saturated carbocycles. The summed E-state index contributed by atoms with van der Waals surface area (Å²) in [7, 11) is 0. The molecule has 2 aromatic rings. The summed E-state index contributed by atoms with van der Waals surface area (Å²) >= 11 is 3.30. The minimum atomic E-state index is -0.600. The lowest BCUT2D eigenvalue weighted by Crippen LogP contribution is -2.16. The summed E-state index contributed by atoms with van der Waals surface area (Å²) in [6.07, 6.45) is 0. The molecule has 0 amide bonds. The maximum Gasteiger partial charge on any atom is 0.268 e. The van der Waals surface area contributed by atoms with Gasteiger partial charge in [-0.15, -0.1) is 0 Å². The second-order valence-corrected chi connectivity index (χ2v) is 4.64. The van der Waals surface area contributed by atoms with Gasteiger partial charge in [0.25, 0.3) is 5.56 Å². The monoisotopic (exact) mass is 314 g/mol. The van der Waals surface area contributed by atoms with E-state index in [1.165, 1.54) is 0 Å². The first-order valence-electron chi connectivity index (χ1n) is 5.20. The number of anilines is 1. The number of aromatic nitrogens is 1. The molecule has 0 spiro atoms. The summed E-state index contributed by atoms with van der Waals surface area (Å²) in [5, 5.41) is 18.3. The molecular weight excluding hydrogens is 308 g/mol. The average Bonchev–Trinajstić information content (AvgIpc) is 2.39. The number of hydrogen-bond acceptors (Lipinski definition) is 4. The fourth-order valence-corrected chi connectivity index (χ4v) is 2.01. The highest BCUT2D eigenvalue weighted by atomic mass is 79.9. The fraction of sp³-hybridized carbons (Fsp3) is 0. The second-order valence-electron chi connectivity index (χ2n) is 3.72. The van der Waals surface area contributed by atoms with Gasteiger partial charge in [0.15, 0.2) is 0 Å². The predicted molar refractivity (Wildman–Crippen MR) is 74.0 cm³/mol. The van der Waals surface area contributed by atoms with Crippen molar-refractivity contribution in [3.63, 3.8) is 0 Å². The van der Waals surface area contributed by atoms with E-state index >= 15 is 0 Å². The number of hydrogen-bond donors (Lipinski definition) is 2. The molecule has 0 saturated heterocycles. The van der Waals surface area contributed by atoms with E-state index in [2.05, 4.69) is 20.9 Å². The molecular formula is C13H7BrN4O. The number of benzene rings is 1. The summed E-state index contributed by atoms with van der Waals surface area (Å²) in [4.78, 5) is 14.0. The van der Waals surface area contributed by atoms with Gasteiger partial charge in [0, 0.05) is 10.0 Å². The molecule has 1 aromatic carbocycles. The van der Waals surface area contributed by atoms with Gasteiger partial charge in [0.05, 0.1) is 0 Å².